The number of hydrogen-bond acceptors (Lipinski definition) is 2. The molecule has 6 aromatic carbocycles. The lowest BCUT2D eigenvalue weighted by atomic mass is 9.91. The monoisotopic (exact) mass is 438 g/mol. The van der Waals surface area contributed by atoms with Crippen molar-refractivity contribution in [2.75, 3.05) is 10.6 Å². The van der Waals surface area contributed by atoms with Gasteiger partial charge in [-0.05, 0) is 32.3 Å². The number of hydrogen-bond donors (Lipinski definition) is 2. The molecule has 0 fully saturated rings. The second-order valence-electron chi connectivity index (χ2n) is 8.59. The fourth-order valence-corrected chi connectivity index (χ4v) is 5.37. The van der Waals surface area contributed by atoms with E-state index in [2.05, 4.69) is 10.6 Å². The van der Waals surface area contributed by atoms with Crippen LogP contribution in [0.2, 0.25) is 0 Å². The minimum atomic E-state index is -0.237. The minimum absolute atomic E-state index is 0.237. The molecular weight excluding hydrogens is 420 g/mol. The smallest absolute Gasteiger partial charge is 0.258 e. The first-order valence-electron chi connectivity index (χ1n) is 11.2. The van der Waals surface area contributed by atoms with Gasteiger partial charge in [0.2, 0.25) is 0 Å². The molecule has 0 atom stereocenters. The number of carbonyl (C=O) groups is 2. The van der Waals surface area contributed by atoms with E-state index in [0.29, 0.717) is 22.5 Å². The van der Waals surface area contributed by atoms with E-state index in [1.807, 2.05) is 97.1 Å². The summed E-state index contributed by atoms with van der Waals surface area (Å²) < 4.78 is 0. The van der Waals surface area contributed by atoms with E-state index in [1.54, 1.807) is 0 Å². The topological polar surface area (TPSA) is 58.2 Å². The Morgan fingerprint density at radius 2 is 0.618 bits per heavy atom. The molecule has 2 N–H and O–H groups in total. The molecule has 1 aliphatic heterocycles. The third-order valence-electron chi connectivity index (χ3n) is 6.80. The van der Waals surface area contributed by atoms with Crippen LogP contribution in [-0.4, -0.2) is 11.8 Å². The molecule has 1 aliphatic rings. The van der Waals surface area contributed by atoms with Crippen LogP contribution in [0.3, 0.4) is 0 Å². The van der Waals surface area contributed by atoms with Crippen LogP contribution in [0, 0.1) is 0 Å². The zero-order chi connectivity index (χ0) is 22.8. The molecular formula is C30H18N2O2. The summed E-state index contributed by atoms with van der Waals surface area (Å²) in [5.74, 6) is -0.475. The normalized spacial score (nSPS) is 13.3. The molecule has 4 nitrogen and oxygen atoms in total. The third kappa shape index (κ3) is 2.48. The molecule has 2 amide bonds. The average molecular weight is 438 g/mol. The van der Waals surface area contributed by atoms with Gasteiger partial charge in [-0.3, -0.25) is 9.59 Å². The molecule has 0 aliphatic carbocycles. The van der Waals surface area contributed by atoms with E-state index in [-0.39, 0.29) is 11.8 Å². The van der Waals surface area contributed by atoms with Crippen molar-refractivity contribution in [3.63, 3.8) is 0 Å². The van der Waals surface area contributed by atoms with Crippen LogP contribution in [0.5, 0.6) is 0 Å². The van der Waals surface area contributed by atoms with E-state index < -0.39 is 0 Å². The van der Waals surface area contributed by atoms with Crippen molar-refractivity contribution < 1.29 is 9.59 Å². The van der Waals surface area contributed by atoms with Gasteiger partial charge in [0.1, 0.15) is 0 Å². The number of amides is 2. The Hall–Kier alpha value is -4.70. The van der Waals surface area contributed by atoms with Crippen molar-refractivity contribution in [1.82, 2.24) is 0 Å². The highest BCUT2D eigenvalue weighted by Gasteiger charge is 2.29. The molecule has 160 valence electrons. The Morgan fingerprint density at radius 1 is 0.353 bits per heavy atom. The largest absolute Gasteiger partial charge is 0.321 e. The summed E-state index contributed by atoms with van der Waals surface area (Å²) in [4.78, 5) is 27.8. The number of nitrogens with one attached hydrogen (secondary N) is 2. The fraction of sp³-hybridized carbons (Fsp3) is 0. The Balaban J connectivity index is 1.62. The van der Waals surface area contributed by atoms with Gasteiger partial charge in [-0.25, -0.2) is 0 Å². The predicted molar refractivity (Wildman–Crippen MR) is 139 cm³/mol. The van der Waals surface area contributed by atoms with Gasteiger partial charge in [0.15, 0.2) is 0 Å². The Bertz CT molecular complexity index is 1720. The maximum absolute atomic E-state index is 13.9. The van der Waals surface area contributed by atoms with Crippen molar-refractivity contribution >= 4 is 66.3 Å². The second-order valence-corrected chi connectivity index (χ2v) is 8.59. The van der Waals surface area contributed by atoms with Gasteiger partial charge >= 0.3 is 0 Å². The zero-order valence-electron chi connectivity index (χ0n) is 18.1. The Kier molecular flexibility index (Phi) is 3.82. The van der Waals surface area contributed by atoms with E-state index in [0.717, 1.165) is 43.1 Å². The summed E-state index contributed by atoms with van der Waals surface area (Å²) in [5.41, 5.74) is 2.04. The summed E-state index contributed by atoms with van der Waals surface area (Å²) in [6, 6.07) is 31.4. The molecule has 0 aromatic heterocycles. The molecule has 4 heteroatoms. The average Bonchev–Trinajstić information content (AvgIpc) is 2.88. The van der Waals surface area contributed by atoms with Crippen LogP contribution in [0.25, 0.3) is 43.1 Å². The lowest BCUT2D eigenvalue weighted by Crippen LogP contribution is -2.25. The Morgan fingerprint density at radius 3 is 0.971 bits per heavy atom. The van der Waals surface area contributed by atoms with Crippen LogP contribution >= 0.6 is 0 Å². The van der Waals surface area contributed by atoms with Crippen molar-refractivity contribution in [1.29, 1.82) is 0 Å². The molecule has 0 saturated carbocycles. The SMILES string of the molecule is O=C1Nc2c(c3ccccc3c3ccccc23)C(=O)Nc2c1c1ccccc1c1ccccc21. The number of benzene rings is 6. The van der Waals surface area contributed by atoms with Crippen molar-refractivity contribution in [2.45, 2.75) is 0 Å². The summed E-state index contributed by atoms with van der Waals surface area (Å²) in [5, 5.41) is 13.5. The van der Waals surface area contributed by atoms with Gasteiger partial charge < -0.3 is 10.6 Å². The highest BCUT2D eigenvalue weighted by atomic mass is 16.2. The lowest BCUT2D eigenvalue weighted by molar-refractivity contribution is 0.102. The van der Waals surface area contributed by atoms with E-state index in [9.17, 15) is 9.59 Å². The number of carbonyl (C=O) groups excluding carboxylic acids is 2. The molecule has 1 heterocycles. The first-order chi connectivity index (χ1) is 16.7. The van der Waals surface area contributed by atoms with E-state index in [1.165, 1.54) is 0 Å². The molecule has 0 spiro atoms. The predicted octanol–water partition coefficient (Wildman–Crippen LogP) is 7.12. The van der Waals surface area contributed by atoms with E-state index >= 15 is 0 Å². The van der Waals surface area contributed by atoms with Gasteiger partial charge in [-0.15, -0.1) is 0 Å². The van der Waals surface area contributed by atoms with Crippen molar-refractivity contribution in [3.8, 4) is 0 Å². The quantitative estimate of drug-likeness (QED) is 0.248. The molecule has 34 heavy (non-hydrogen) atoms. The molecule has 0 unspecified atom stereocenters. The van der Waals surface area contributed by atoms with Crippen LogP contribution in [0.1, 0.15) is 20.7 Å². The first kappa shape index (κ1) is 18.8. The maximum atomic E-state index is 13.9. The maximum Gasteiger partial charge on any atom is 0.258 e. The molecule has 0 bridgehead atoms. The van der Waals surface area contributed by atoms with Crippen LogP contribution in [0.4, 0.5) is 11.4 Å². The summed E-state index contributed by atoms with van der Waals surface area (Å²) in [7, 11) is 0. The summed E-state index contributed by atoms with van der Waals surface area (Å²) in [6.07, 6.45) is 0. The third-order valence-corrected chi connectivity index (χ3v) is 6.80. The summed E-state index contributed by atoms with van der Waals surface area (Å²) >= 11 is 0. The molecule has 0 saturated heterocycles. The number of anilines is 2. The second kappa shape index (κ2) is 6.90. The molecule has 6 aromatic rings. The highest BCUT2D eigenvalue weighted by molar-refractivity contribution is 6.34. The standard InChI is InChI=1S/C30H18N2O2/c33-29-25-21-13-5-1-9-17(21)19-11-3-7-15-23(19)27(25)31-30(34)26-22-14-6-2-10-18(22)20-12-4-8-16-24(20)28(26)32-29/h1-16H,(H,31,34)(H,32,33). The number of fused-ring (bicyclic) bond motifs is 12. The van der Waals surface area contributed by atoms with Crippen LogP contribution in [0.15, 0.2) is 97.1 Å². The van der Waals surface area contributed by atoms with Gasteiger partial charge in [-0.1, -0.05) is 97.1 Å². The van der Waals surface area contributed by atoms with Gasteiger partial charge in [0, 0.05) is 10.8 Å². The van der Waals surface area contributed by atoms with Crippen LogP contribution < -0.4 is 10.6 Å². The minimum Gasteiger partial charge on any atom is -0.321 e. The van der Waals surface area contributed by atoms with E-state index in [4.69, 9.17) is 0 Å². The van der Waals surface area contributed by atoms with Crippen molar-refractivity contribution in [2.24, 2.45) is 0 Å². The lowest BCUT2D eigenvalue weighted by Gasteiger charge is -2.24. The van der Waals surface area contributed by atoms with Crippen molar-refractivity contribution in [3.05, 3.63) is 108 Å². The zero-order valence-corrected chi connectivity index (χ0v) is 18.1. The molecule has 7 rings (SSSR count). The first-order valence-corrected chi connectivity index (χ1v) is 11.2. The van der Waals surface area contributed by atoms with Gasteiger partial charge in [-0.2, -0.15) is 0 Å². The van der Waals surface area contributed by atoms with Crippen LogP contribution in [-0.2, 0) is 0 Å². The van der Waals surface area contributed by atoms with Gasteiger partial charge in [0.25, 0.3) is 11.8 Å². The Labute approximate surface area is 194 Å². The van der Waals surface area contributed by atoms with Gasteiger partial charge in [0.05, 0.1) is 22.5 Å². The fourth-order valence-electron chi connectivity index (χ4n) is 5.37. The molecule has 0 radical (unpaired) electrons. The number of rotatable bonds is 0. The highest BCUT2D eigenvalue weighted by Crippen LogP contribution is 2.42. The summed E-state index contributed by atoms with van der Waals surface area (Å²) in [6.45, 7) is 0.